The number of benzene rings is 2. The van der Waals surface area contributed by atoms with E-state index in [-0.39, 0.29) is 31.7 Å². The van der Waals surface area contributed by atoms with Crippen molar-refractivity contribution in [3.05, 3.63) is 59.2 Å². The van der Waals surface area contributed by atoms with Crippen LogP contribution in [0.1, 0.15) is 118 Å². The summed E-state index contributed by atoms with van der Waals surface area (Å²) in [5, 5.41) is 15.2. The lowest BCUT2D eigenvalue weighted by Gasteiger charge is -2.57. The fourth-order valence-corrected chi connectivity index (χ4v) is 11.1. The number of hydrogen-bond donors (Lipinski definition) is 3. The van der Waals surface area contributed by atoms with Crippen molar-refractivity contribution in [3.63, 3.8) is 0 Å². The van der Waals surface area contributed by atoms with E-state index in [0.29, 0.717) is 22.5 Å². The number of carbonyl (C=O) groups excluding carboxylic acids is 4. The smallest absolute Gasteiger partial charge is 0.296 e. The third-order valence-corrected chi connectivity index (χ3v) is 12.0. The maximum Gasteiger partial charge on any atom is 0.296 e. The molecule has 240 valence electrons. The van der Waals surface area contributed by atoms with Gasteiger partial charge < -0.3 is 15.7 Å². The van der Waals surface area contributed by atoms with Gasteiger partial charge in [0, 0.05) is 0 Å². The number of Topliss-reactive ketones (excluding diaryl/α,β-unsaturated/α-hetero) is 2. The molecule has 2 amide bonds. The van der Waals surface area contributed by atoms with Gasteiger partial charge in [0.25, 0.3) is 23.4 Å². The van der Waals surface area contributed by atoms with E-state index in [2.05, 4.69) is 16.7 Å². The van der Waals surface area contributed by atoms with Crippen molar-refractivity contribution in [3.8, 4) is 0 Å². The molecule has 12 rings (SSSR count). The van der Waals surface area contributed by atoms with Crippen molar-refractivity contribution in [2.45, 2.75) is 103 Å². The summed E-state index contributed by atoms with van der Waals surface area (Å²) in [6.45, 7) is 0. The van der Waals surface area contributed by atoms with Crippen LogP contribution in [0.4, 0.5) is 11.4 Å². The molecule has 7 heteroatoms. The van der Waals surface area contributed by atoms with Crippen LogP contribution in [0, 0.1) is 35.5 Å². The van der Waals surface area contributed by atoms with Crippen molar-refractivity contribution in [1.29, 1.82) is 0 Å². The molecule has 8 saturated carbocycles. The van der Waals surface area contributed by atoms with Gasteiger partial charge in [0.2, 0.25) is 0 Å². The normalized spacial score (nSPS) is 36.7. The summed E-state index contributed by atoms with van der Waals surface area (Å²) < 4.78 is 0. The molecular weight excluding hydrogens is 564 g/mol. The van der Waals surface area contributed by atoms with Gasteiger partial charge in [0.05, 0.1) is 28.1 Å². The molecule has 0 atom stereocenters. The first kappa shape index (κ1) is 31.7. The summed E-state index contributed by atoms with van der Waals surface area (Å²) in [5.41, 5.74) is 3.77. The van der Waals surface area contributed by atoms with Crippen LogP contribution in [0.2, 0.25) is 0 Å². The van der Waals surface area contributed by atoms with E-state index in [9.17, 15) is 24.3 Å². The van der Waals surface area contributed by atoms with Crippen molar-refractivity contribution in [2.24, 2.45) is 35.5 Å². The van der Waals surface area contributed by atoms with Gasteiger partial charge in [-0.3, -0.25) is 19.2 Å². The van der Waals surface area contributed by atoms with E-state index in [1.165, 1.54) is 63.4 Å². The summed E-state index contributed by atoms with van der Waals surface area (Å²) in [6.07, 6.45) is 15.8. The molecule has 2 aliphatic heterocycles. The Morgan fingerprint density at radius 3 is 1.44 bits per heavy atom. The highest BCUT2D eigenvalue weighted by molar-refractivity contribution is 6.52. The van der Waals surface area contributed by atoms with Gasteiger partial charge in [-0.1, -0.05) is 33.1 Å². The number of aliphatic hydroxyl groups is 1. The third kappa shape index (κ3) is 5.55. The predicted octanol–water partition coefficient (Wildman–Crippen LogP) is 7.33. The number of ketones is 2. The molecule has 2 aromatic rings. The van der Waals surface area contributed by atoms with Crippen LogP contribution in [0.25, 0.3) is 0 Å². The Morgan fingerprint density at radius 2 is 0.978 bits per heavy atom. The highest BCUT2D eigenvalue weighted by Gasteiger charge is 2.52. The maximum atomic E-state index is 12.0. The SMILES string of the molecule is C.C.O=C1Nc2ccc(C34CC5CC(CC(C5)C3)C4)cc2C1=O.O=C1Nc2ccccc2C1=O.OC12CC3CC(CC(C3)C1)C2. The van der Waals surface area contributed by atoms with Crippen LogP contribution < -0.4 is 10.6 Å². The summed E-state index contributed by atoms with van der Waals surface area (Å²) in [7, 11) is 0. The summed E-state index contributed by atoms with van der Waals surface area (Å²) in [5.74, 6) is 3.53. The number of rotatable bonds is 1. The molecule has 8 aliphatic carbocycles. The zero-order valence-corrected chi connectivity index (χ0v) is 24.6. The van der Waals surface area contributed by atoms with Crippen LogP contribution in [-0.4, -0.2) is 34.1 Å². The molecule has 0 radical (unpaired) electrons. The molecule has 0 aromatic heterocycles. The van der Waals surface area contributed by atoms with Crippen LogP contribution in [0.3, 0.4) is 0 Å². The lowest BCUT2D eigenvalue weighted by molar-refractivity contribution is -0.124. The first-order chi connectivity index (χ1) is 20.7. The minimum atomic E-state index is -0.536. The van der Waals surface area contributed by atoms with E-state index >= 15 is 0 Å². The minimum absolute atomic E-state index is 0. The molecule has 7 nitrogen and oxygen atoms in total. The van der Waals surface area contributed by atoms with E-state index < -0.39 is 17.6 Å². The van der Waals surface area contributed by atoms with Gasteiger partial charge in [0.15, 0.2) is 0 Å². The molecule has 0 saturated heterocycles. The lowest BCUT2D eigenvalue weighted by atomic mass is 9.48. The van der Waals surface area contributed by atoms with E-state index in [1.54, 1.807) is 24.3 Å². The second kappa shape index (κ2) is 11.5. The summed E-state index contributed by atoms with van der Waals surface area (Å²) >= 11 is 0. The molecule has 0 unspecified atom stereocenters. The second-order valence-corrected chi connectivity index (χ2v) is 15.2. The Kier molecular flexibility index (Phi) is 8.08. The largest absolute Gasteiger partial charge is 0.390 e. The first-order valence-corrected chi connectivity index (χ1v) is 16.3. The monoisotopic (exact) mass is 612 g/mol. The molecule has 2 heterocycles. The minimum Gasteiger partial charge on any atom is -0.390 e. The van der Waals surface area contributed by atoms with Crippen molar-refractivity contribution >= 4 is 34.8 Å². The third-order valence-electron chi connectivity index (χ3n) is 12.0. The molecule has 3 N–H and O–H groups in total. The second-order valence-electron chi connectivity index (χ2n) is 15.2. The Bertz CT molecular complexity index is 1470. The zero-order chi connectivity index (χ0) is 29.5. The Labute approximate surface area is 266 Å². The predicted molar refractivity (Wildman–Crippen MR) is 175 cm³/mol. The van der Waals surface area contributed by atoms with E-state index in [0.717, 1.165) is 54.8 Å². The topological polar surface area (TPSA) is 113 Å². The van der Waals surface area contributed by atoms with E-state index in [1.807, 2.05) is 12.1 Å². The number of fused-ring (bicyclic) bond motifs is 2. The molecule has 8 fully saturated rings. The lowest BCUT2D eigenvalue weighted by Crippen LogP contribution is -2.50. The van der Waals surface area contributed by atoms with E-state index in [4.69, 9.17) is 0 Å². The highest BCUT2D eigenvalue weighted by atomic mass is 16.3. The number of amides is 2. The summed E-state index contributed by atoms with van der Waals surface area (Å²) in [4.78, 5) is 45.2. The number of nitrogens with one attached hydrogen (secondary N) is 2. The highest BCUT2D eigenvalue weighted by Crippen LogP contribution is 2.61. The van der Waals surface area contributed by atoms with Gasteiger partial charge in [-0.15, -0.1) is 0 Å². The molecule has 0 spiro atoms. The number of carbonyl (C=O) groups is 4. The maximum absolute atomic E-state index is 12.0. The fourth-order valence-electron chi connectivity index (χ4n) is 11.1. The van der Waals surface area contributed by atoms with Gasteiger partial charge >= 0.3 is 0 Å². The number of para-hydroxylation sites is 1. The Morgan fingerprint density at radius 1 is 0.556 bits per heavy atom. The van der Waals surface area contributed by atoms with Crippen LogP contribution in [-0.2, 0) is 15.0 Å². The fraction of sp³-hybridized carbons (Fsp3) is 0.579. The Hall–Kier alpha value is -3.32. The van der Waals surface area contributed by atoms with Gasteiger partial charge in [0.1, 0.15) is 0 Å². The van der Waals surface area contributed by atoms with Crippen LogP contribution in [0.15, 0.2) is 42.5 Å². The average Bonchev–Trinajstić information content (AvgIpc) is 3.40. The molecule has 10 aliphatic rings. The molecular formula is C38H48N2O5. The van der Waals surface area contributed by atoms with Gasteiger partial charge in [-0.2, -0.15) is 0 Å². The molecule has 45 heavy (non-hydrogen) atoms. The van der Waals surface area contributed by atoms with Crippen molar-refractivity contribution in [2.75, 3.05) is 10.6 Å². The van der Waals surface area contributed by atoms with Crippen LogP contribution in [0.5, 0.6) is 0 Å². The summed E-state index contributed by atoms with van der Waals surface area (Å²) in [6, 6.07) is 13.0. The number of anilines is 2. The number of hydrogen-bond acceptors (Lipinski definition) is 5. The molecule has 8 bridgehead atoms. The molecule has 2 aromatic carbocycles. The van der Waals surface area contributed by atoms with Gasteiger partial charge in [-0.05, 0) is 148 Å². The van der Waals surface area contributed by atoms with Crippen molar-refractivity contribution in [1.82, 2.24) is 0 Å². The van der Waals surface area contributed by atoms with Crippen molar-refractivity contribution < 1.29 is 24.3 Å². The average molecular weight is 613 g/mol. The van der Waals surface area contributed by atoms with Gasteiger partial charge in [-0.25, -0.2) is 0 Å². The Balaban J connectivity index is 0.000000127. The quantitative estimate of drug-likeness (QED) is 0.292. The zero-order valence-electron chi connectivity index (χ0n) is 24.6. The standard InChI is InChI=1S/C18H19NO2.C10H16O.C8H5NO2.2CH4/c20-16-14-6-13(1-2-15(14)19-17(16)21)18-7-10-3-11(8-18)5-12(4-10)9-18;11-10-4-7-1-8(5-10)3-9(2-7)6-10;10-7-5-3-1-2-4-6(5)9-8(7)11;;/h1-2,6,10-12H,3-5,7-9H2,(H,19,20,21);7-9,11H,1-6H2;1-4H,(H,9,10,11);2*1H4. The van der Waals surface area contributed by atoms with Crippen LogP contribution >= 0.6 is 0 Å². The first-order valence-electron chi connectivity index (χ1n) is 16.3.